The molecule has 0 radical (unpaired) electrons. The molecule has 33 heavy (non-hydrogen) atoms. The van der Waals surface area contributed by atoms with Crippen molar-refractivity contribution in [2.24, 2.45) is 5.92 Å². The smallest absolute Gasteiger partial charge is 0.337 e. The first-order valence-corrected chi connectivity index (χ1v) is 11.5. The second-order valence-corrected chi connectivity index (χ2v) is 8.97. The fourth-order valence-electron chi connectivity index (χ4n) is 4.20. The Bertz CT molecular complexity index is 1050. The number of hydrogen-bond donors (Lipinski definition) is 0. The maximum Gasteiger partial charge on any atom is 0.337 e. The lowest BCUT2D eigenvalue weighted by atomic mass is 10.1. The average molecular weight is 465 g/mol. The molecule has 1 atom stereocenters. The van der Waals surface area contributed by atoms with Crippen molar-refractivity contribution in [2.75, 3.05) is 38.7 Å². The Morgan fingerprint density at radius 2 is 1.64 bits per heavy atom. The van der Waals surface area contributed by atoms with Gasteiger partial charge in [0.05, 0.1) is 12.7 Å². The summed E-state index contributed by atoms with van der Waals surface area (Å²) in [6.07, 6.45) is 1.20. The zero-order valence-corrected chi connectivity index (χ0v) is 19.8. The molecule has 1 saturated heterocycles. The highest BCUT2D eigenvalue weighted by Crippen LogP contribution is 2.28. The maximum atomic E-state index is 11.8. The number of benzene rings is 3. The normalized spacial score (nSPS) is 15.9. The molecule has 0 spiro atoms. The Hall–Kier alpha value is -3.02. The fourth-order valence-corrected chi connectivity index (χ4v) is 4.32. The van der Waals surface area contributed by atoms with E-state index in [9.17, 15) is 4.79 Å². The van der Waals surface area contributed by atoms with Crippen molar-refractivity contribution in [1.82, 2.24) is 4.90 Å². The number of anilines is 1. The van der Waals surface area contributed by atoms with E-state index in [4.69, 9.17) is 21.1 Å². The summed E-state index contributed by atoms with van der Waals surface area (Å²) in [6, 6.07) is 23.2. The predicted octanol–water partition coefficient (Wildman–Crippen LogP) is 5.88. The lowest BCUT2D eigenvalue weighted by Gasteiger charge is -2.28. The standard InChI is InChI=1S/C27H29ClN2O3/c1-29-16-15-21(17-29)19-30(18-20-3-5-22(6-4-20)27(31)32-2)24-9-13-26(14-10-24)33-25-11-7-23(28)8-12-25/h3-14,21H,15-19H2,1-2H3. The summed E-state index contributed by atoms with van der Waals surface area (Å²) >= 11 is 5.96. The van der Waals surface area contributed by atoms with Gasteiger partial charge in [0.1, 0.15) is 11.5 Å². The first-order valence-electron chi connectivity index (χ1n) is 11.1. The molecule has 0 aromatic heterocycles. The minimum atomic E-state index is -0.316. The molecule has 3 aromatic carbocycles. The zero-order chi connectivity index (χ0) is 23.2. The fraction of sp³-hybridized carbons (Fsp3) is 0.296. The highest BCUT2D eigenvalue weighted by Gasteiger charge is 2.22. The molecule has 5 nitrogen and oxygen atoms in total. The molecule has 4 rings (SSSR count). The maximum absolute atomic E-state index is 11.8. The van der Waals surface area contributed by atoms with E-state index in [0.29, 0.717) is 16.5 Å². The number of hydrogen-bond acceptors (Lipinski definition) is 5. The molecule has 0 saturated carbocycles. The minimum absolute atomic E-state index is 0.316. The number of halogens is 1. The van der Waals surface area contributed by atoms with E-state index in [2.05, 4.69) is 29.0 Å². The number of carbonyl (C=O) groups is 1. The highest BCUT2D eigenvalue weighted by atomic mass is 35.5. The molecule has 0 N–H and O–H groups in total. The third kappa shape index (κ3) is 6.28. The lowest BCUT2D eigenvalue weighted by molar-refractivity contribution is 0.0600. The first kappa shape index (κ1) is 23.1. The van der Waals surface area contributed by atoms with Gasteiger partial charge in [0.2, 0.25) is 0 Å². The van der Waals surface area contributed by atoms with Gasteiger partial charge in [0.15, 0.2) is 0 Å². The van der Waals surface area contributed by atoms with Gasteiger partial charge in [0, 0.05) is 30.3 Å². The van der Waals surface area contributed by atoms with Crippen molar-refractivity contribution in [3.63, 3.8) is 0 Å². The molecular weight excluding hydrogens is 436 g/mol. The molecule has 0 bridgehead atoms. The second-order valence-electron chi connectivity index (χ2n) is 8.54. The summed E-state index contributed by atoms with van der Waals surface area (Å²) in [7, 11) is 3.58. The quantitative estimate of drug-likeness (QED) is 0.389. The van der Waals surface area contributed by atoms with Gasteiger partial charge in [-0.1, -0.05) is 23.7 Å². The molecule has 0 aliphatic carbocycles. The number of carbonyl (C=O) groups excluding carboxylic acids is 1. The third-order valence-electron chi connectivity index (χ3n) is 5.97. The van der Waals surface area contributed by atoms with E-state index in [1.165, 1.54) is 13.5 Å². The molecule has 1 aliphatic heterocycles. The van der Waals surface area contributed by atoms with E-state index < -0.39 is 0 Å². The molecular formula is C27H29ClN2O3. The molecule has 1 fully saturated rings. The van der Waals surface area contributed by atoms with Crippen LogP contribution in [0, 0.1) is 5.92 Å². The Morgan fingerprint density at radius 1 is 1.00 bits per heavy atom. The first-order chi connectivity index (χ1) is 16.0. The van der Waals surface area contributed by atoms with Crippen molar-refractivity contribution < 1.29 is 14.3 Å². The van der Waals surface area contributed by atoms with Gasteiger partial charge in [0.25, 0.3) is 0 Å². The van der Waals surface area contributed by atoms with Gasteiger partial charge in [-0.25, -0.2) is 4.79 Å². The van der Waals surface area contributed by atoms with E-state index in [0.717, 1.165) is 48.9 Å². The van der Waals surface area contributed by atoms with Gasteiger partial charge in [-0.05, 0) is 92.2 Å². The molecule has 1 unspecified atom stereocenters. The van der Waals surface area contributed by atoms with Crippen LogP contribution in [0.25, 0.3) is 0 Å². The van der Waals surface area contributed by atoms with Gasteiger partial charge in [-0.15, -0.1) is 0 Å². The highest BCUT2D eigenvalue weighted by molar-refractivity contribution is 6.30. The summed E-state index contributed by atoms with van der Waals surface area (Å²) in [4.78, 5) is 16.5. The van der Waals surface area contributed by atoms with Gasteiger partial charge >= 0.3 is 5.97 Å². The van der Waals surface area contributed by atoms with Crippen LogP contribution in [0.5, 0.6) is 11.5 Å². The van der Waals surface area contributed by atoms with Gasteiger partial charge in [-0.2, -0.15) is 0 Å². The van der Waals surface area contributed by atoms with Crippen LogP contribution < -0.4 is 9.64 Å². The van der Waals surface area contributed by atoms with Crippen molar-refractivity contribution >= 4 is 23.3 Å². The molecule has 3 aromatic rings. The summed E-state index contributed by atoms with van der Waals surface area (Å²) in [5, 5.41) is 0.686. The topological polar surface area (TPSA) is 42.0 Å². The van der Waals surface area contributed by atoms with E-state index in [1.54, 1.807) is 0 Å². The Labute approximate surface area is 200 Å². The Balaban J connectivity index is 1.49. The molecule has 172 valence electrons. The summed E-state index contributed by atoms with van der Waals surface area (Å²) in [5.41, 5.74) is 2.86. The van der Waals surface area contributed by atoms with Crippen LogP contribution >= 0.6 is 11.6 Å². The largest absolute Gasteiger partial charge is 0.465 e. The van der Waals surface area contributed by atoms with Crippen molar-refractivity contribution in [3.05, 3.63) is 88.9 Å². The number of methoxy groups -OCH3 is 1. The second kappa shape index (κ2) is 10.7. The third-order valence-corrected chi connectivity index (χ3v) is 6.22. The molecule has 0 amide bonds. The van der Waals surface area contributed by atoms with Crippen LogP contribution in [0.15, 0.2) is 72.8 Å². The summed E-state index contributed by atoms with van der Waals surface area (Å²) < 4.78 is 10.8. The van der Waals surface area contributed by atoms with Crippen molar-refractivity contribution in [3.8, 4) is 11.5 Å². The van der Waals surface area contributed by atoms with Crippen LogP contribution in [0.4, 0.5) is 5.69 Å². The number of nitrogens with zero attached hydrogens (tertiary/aromatic N) is 2. The molecule has 1 heterocycles. The summed E-state index contributed by atoms with van der Waals surface area (Å²) in [5.74, 6) is 1.84. The zero-order valence-electron chi connectivity index (χ0n) is 19.0. The van der Waals surface area contributed by atoms with E-state index in [-0.39, 0.29) is 5.97 Å². The predicted molar refractivity (Wildman–Crippen MR) is 132 cm³/mol. The molecule has 1 aliphatic rings. The monoisotopic (exact) mass is 464 g/mol. The summed E-state index contributed by atoms with van der Waals surface area (Å²) in [6.45, 7) is 3.98. The number of rotatable bonds is 8. The Kier molecular flexibility index (Phi) is 7.53. The Morgan fingerprint density at radius 3 is 2.21 bits per heavy atom. The van der Waals surface area contributed by atoms with E-state index in [1.807, 2.05) is 60.7 Å². The number of ether oxygens (including phenoxy) is 2. The van der Waals surface area contributed by atoms with Crippen LogP contribution in [0.2, 0.25) is 5.02 Å². The van der Waals surface area contributed by atoms with Crippen LogP contribution in [0.3, 0.4) is 0 Å². The van der Waals surface area contributed by atoms with Crippen molar-refractivity contribution in [2.45, 2.75) is 13.0 Å². The number of esters is 1. The minimum Gasteiger partial charge on any atom is -0.465 e. The van der Waals surface area contributed by atoms with Crippen LogP contribution in [0.1, 0.15) is 22.3 Å². The lowest BCUT2D eigenvalue weighted by Crippen LogP contribution is -2.30. The molecule has 6 heteroatoms. The van der Waals surface area contributed by atoms with Crippen LogP contribution in [-0.2, 0) is 11.3 Å². The van der Waals surface area contributed by atoms with E-state index >= 15 is 0 Å². The van der Waals surface area contributed by atoms with Crippen LogP contribution in [-0.4, -0.2) is 44.7 Å². The number of likely N-dealkylation sites (tertiary alicyclic amines) is 1. The average Bonchev–Trinajstić information content (AvgIpc) is 3.25. The SMILES string of the molecule is COC(=O)c1ccc(CN(CC2CCN(C)C2)c2ccc(Oc3ccc(Cl)cc3)cc2)cc1. The van der Waals surface area contributed by atoms with Gasteiger partial charge in [-0.3, -0.25) is 0 Å². The van der Waals surface area contributed by atoms with Crippen molar-refractivity contribution in [1.29, 1.82) is 0 Å². The van der Waals surface area contributed by atoms with Gasteiger partial charge < -0.3 is 19.3 Å².